The van der Waals surface area contributed by atoms with Crippen LogP contribution in [0.4, 0.5) is 16.2 Å². The molecule has 2 heterocycles. The van der Waals surface area contributed by atoms with Gasteiger partial charge in [-0.05, 0) is 12.8 Å². The van der Waals surface area contributed by atoms with Crippen molar-refractivity contribution in [1.82, 2.24) is 19.7 Å². The van der Waals surface area contributed by atoms with Crippen LogP contribution in [0.1, 0.15) is 44.5 Å². The van der Waals surface area contributed by atoms with Gasteiger partial charge in [-0.1, -0.05) is 19.8 Å². The van der Waals surface area contributed by atoms with Gasteiger partial charge in [0.2, 0.25) is 0 Å². The van der Waals surface area contributed by atoms with Crippen molar-refractivity contribution >= 4 is 17.4 Å². The molecule has 116 valence electrons. The molecule has 0 aromatic carbocycles. The molecule has 7 nitrogen and oxygen atoms in total. The summed E-state index contributed by atoms with van der Waals surface area (Å²) in [5.74, 6) is 0.754. The van der Waals surface area contributed by atoms with Crippen LogP contribution in [0, 0.1) is 0 Å². The molecule has 1 aliphatic rings. The van der Waals surface area contributed by atoms with Gasteiger partial charge in [-0.25, -0.2) is 14.8 Å². The number of rotatable bonds is 4. The fraction of sp³-hybridized carbons (Fsp3) is 0.467. The van der Waals surface area contributed by atoms with Crippen LogP contribution in [0.2, 0.25) is 0 Å². The lowest BCUT2D eigenvalue weighted by Crippen LogP contribution is -2.19. The third-order valence-electron chi connectivity index (χ3n) is 3.84. The van der Waals surface area contributed by atoms with Crippen molar-refractivity contribution in [2.24, 2.45) is 0 Å². The summed E-state index contributed by atoms with van der Waals surface area (Å²) in [5.41, 5.74) is 1.26. The number of nitrogens with zero attached hydrogens (tertiary/aromatic N) is 4. The molecule has 0 bridgehead atoms. The lowest BCUT2D eigenvalue weighted by atomic mass is 10.3. The minimum absolute atomic E-state index is 0.321. The predicted molar refractivity (Wildman–Crippen MR) is 83.8 cm³/mol. The first-order valence-corrected chi connectivity index (χ1v) is 7.67. The number of carbonyl (C=O) groups excluding carboxylic acids is 1. The van der Waals surface area contributed by atoms with E-state index in [4.69, 9.17) is 0 Å². The monoisotopic (exact) mass is 300 g/mol. The van der Waals surface area contributed by atoms with Crippen molar-refractivity contribution < 1.29 is 4.79 Å². The summed E-state index contributed by atoms with van der Waals surface area (Å²) >= 11 is 0. The van der Waals surface area contributed by atoms with Crippen LogP contribution < -0.4 is 10.6 Å². The van der Waals surface area contributed by atoms with Crippen molar-refractivity contribution in [2.45, 2.75) is 45.1 Å². The Labute approximate surface area is 129 Å². The zero-order chi connectivity index (χ0) is 15.4. The second-order valence-corrected chi connectivity index (χ2v) is 5.47. The standard InChI is InChI=1S/C15H20N6O/c1-2-14-16-7-11(8-17-14)19-15(22)20-12-9-18-21(10-12)13-5-3-4-6-13/h7-10,13H,2-6H2,1H3,(H2,19,20,22). The highest BCUT2D eigenvalue weighted by Crippen LogP contribution is 2.29. The van der Waals surface area contributed by atoms with Crippen molar-refractivity contribution in [3.8, 4) is 0 Å². The molecule has 3 rings (SSSR count). The van der Waals surface area contributed by atoms with Gasteiger partial charge in [0.25, 0.3) is 0 Å². The Bertz CT molecular complexity index is 630. The molecule has 2 amide bonds. The number of carbonyl (C=O) groups is 1. The summed E-state index contributed by atoms with van der Waals surface area (Å²) < 4.78 is 1.95. The van der Waals surface area contributed by atoms with Crippen molar-refractivity contribution in [2.75, 3.05) is 10.6 Å². The Balaban J connectivity index is 1.56. The Morgan fingerprint density at radius 2 is 1.86 bits per heavy atom. The van der Waals surface area contributed by atoms with Gasteiger partial charge in [0, 0.05) is 12.6 Å². The molecule has 0 spiro atoms. The molecule has 2 aromatic rings. The molecule has 1 aliphatic carbocycles. The highest BCUT2D eigenvalue weighted by Gasteiger charge is 2.17. The van der Waals surface area contributed by atoms with Crippen LogP contribution in [0.5, 0.6) is 0 Å². The summed E-state index contributed by atoms with van der Waals surface area (Å²) in [4.78, 5) is 20.2. The maximum Gasteiger partial charge on any atom is 0.323 e. The van der Waals surface area contributed by atoms with Gasteiger partial charge in [-0.2, -0.15) is 5.10 Å². The van der Waals surface area contributed by atoms with E-state index in [1.54, 1.807) is 18.6 Å². The second kappa shape index (κ2) is 6.55. The molecule has 7 heteroatoms. The number of nitrogens with one attached hydrogen (secondary N) is 2. The van der Waals surface area contributed by atoms with Crippen molar-refractivity contribution in [3.05, 3.63) is 30.6 Å². The molecule has 2 aromatic heterocycles. The zero-order valence-corrected chi connectivity index (χ0v) is 12.6. The normalized spacial score (nSPS) is 15.0. The topological polar surface area (TPSA) is 84.7 Å². The van der Waals surface area contributed by atoms with Crippen molar-refractivity contribution in [3.63, 3.8) is 0 Å². The maximum absolute atomic E-state index is 12.0. The fourth-order valence-corrected chi connectivity index (χ4v) is 2.67. The number of aromatic nitrogens is 4. The maximum atomic E-state index is 12.0. The number of anilines is 2. The smallest absolute Gasteiger partial charge is 0.305 e. The van der Waals surface area contributed by atoms with Crippen LogP contribution in [-0.4, -0.2) is 25.8 Å². The van der Waals surface area contributed by atoms with Gasteiger partial charge < -0.3 is 10.6 Å². The summed E-state index contributed by atoms with van der Waals surface area (Å²) in [6, 6.07) is 0.146. The van der Waals surface area contributed by atoms with Gasteiger partial charge in [0.05, 0.1) is 36.0 Å². The van der Waals surface area contributed by atoms with E-state index < -0.39 is 0 Å². The first kappa shape index (κ1) is 14.5. The van der Waals surface area contributed by atoms with E-state index in [1.807, 2.05) is 17.8 Å². The fourth-order valence-electron chi connectivity index (χ4n) is 2.67. The predicted octanol–water partition coefficient (Wildman–Crippen LogP) is 2.99. The van der Waals surface area contributed by atoms with Gasteiger partial charge in [-0.15, -0.1) is 0 Å². The molecular weight excluding hydrogens is 280 g/mol. The summed E-state index contributed by atoms with van der Waals surface area (Å²) in [6.07, 6.45) is 12.4. The molecule has 2 N–H and O–H groups in total. The van der Waals surface area contributed by atoms with Crippen LogP contribution in [0.15, 0.2) is 24.8 Å². The summed E-state index contributed by atoms with van der Waals surface area (Å²) in [5, 5.41) is 9.81. The van der Waals surface area contributed by atoms with Gasteiger partial charge in [-0.3, -0.25) is 4.68 Å². The Kier molecular flexibility index (Phi) is 4.32. The lowest BCUT2D eigenvalue weighted by molar-refractivity contribution is 0.262. The van der Waals surface area contributed by atoms with E-state index in [9.17, 15) is 4.79 Å². The molecule has 1 fully saturated rings. The molecule has 1 saturated carbocycles. The van der Waals surface area contributed by atoms with E-state index in [2.05, 4.69) is 25.7 Å². The quantitative estimate of drug-likeness (QED) is 0.909. The molecule has 22 heavy (non-hydrogen) atoms. The SMILES string of the molecule is CCc1ncc(NC(=O)Nc2cnn(C3CCCC3)c2)cn1. The van der Waals surface area contributed by atoms with Crippen molar-refractivity contribution in [1.29, 1.82) is 0 Å². The lowest BCUT2D eigenvalue weighted by Gasteiger charge is -2.08. The number of hydrogen-bond acceptors (Lipinski definition) is 4. The van der Waals surface area contributed by atoms with Crippen LogP contribution in [0.3, 0.4) is 0 Å². The zero-order valence-electron chi connectivity index (χ0n) is 12.6. The van der Waals surface area contributed by atoms with E-state index >= 15 is 0 Å². The highest BCUT2D eigenvalue weighted by molar-refractivity contribution is 5.99. The number of hydrogen-bond donors (Lipinski definition) is 2. The van der Waals surface area contributed by atoms with Gasteiger partial charge in [0.15, 0.2) is 0 Å². The molecule has 0 atom stereocenters. The van der Waals surface area contributed by atoms with Crippen LogP contribution in [-0.2, 0) is 6.42 Å². The van der Waals surface area contributed by atoms with E-state index in [1.165, 1.54) is 12.8 Å². The summed E-state index contributed by atoms with van der Waals surface area (Å²) in [6.45, 7) is 1.98. The van der Waals surface area contributed by atoms with E-state index in [-0.39, 0.29) is 6.03 Å². The third-order valence-corrected chi connectivity index (χ3v) is 3.84. The van der Waals surface area contributed by atoms with Gasteiger partial charge in [0.1, 0.15) is 5.82 Å². The number of aryl methyl sites for hydroxylation is 1. The third kappa shape index (κ3) is 3.41. The average molecular weight is 300 g/mol. The number of amides is 2. The van der Waals surface area contributed by atoms with E-state index in [0.29, 0.717) is 17.4 Å². The first-order valence-electron chi connectivity index (χ1n) is 7.67. The molecule has 0 unspecified atom stereocenters. The Hall–Kier alpha value is -2.44. The first-order chi connectivity index (χ1) is 10.7. The van der Waals surface area contributed by atoms with Gasteiger partial charge >= 0.3 is 6.03 Å². The summed E-state index contributed by atoms with van der Waals surface area (Å²) in [7, 11) is 0. The molecule has 0 aliphatic heterocycles. The number of urea groups is 1. The minimum atomic E-state index is -0.321. The molecule has 0 saturated heterocycles. The van der Waals surface area contributed by atoms with Crippen LogP contribution >= 0.6 is 0 Å². The minimum Gasteiger partial charge on any atom is -0.305 e. The highest BCUT2D eigenvalue weighted by atomic mass is 16.2. The van der Waals surface area contributed by atoms with E-state index in [0.717, 1.165) is 25.1 Å². The second-order valence-electron chi connectivity index (χ2n) is 5.47. The van der Waals surface area contributed by atoms with Crippen LogP contribution in [0.25, 0.3) is 0 Å². The molecule has 0 radical (unpaired) electrons. The Morgan fingerprint density at radius 1 is 1.18 bits per heavy atom. The average Bonchev–Trinajstić information content (AvgIpc) is 3.19. The largest absolute Gasteiger partial charge is 0.323 e. The Morgan fingerprint density at radius 3 is 2.55 bits per heavy atom. The molecular formula is C15H20N6O.